The predicted molar refractivity (Wildman–Crippen MR) is 87.0 cm³/mol. The van der Waals surface area contributed by atoms with Gasteiger partial charge in [-0.25, -0.2) is 0 Å². The van der Waals surface area contributed by atoms with Gasteiger partial charge in [-0.05, 0) is 38.1 Å². The van der Waals surface area contributed by atoms with E-state index in [-0.39, 0.29) is 5.91 Å². The number of aromatic nitrogens is 2. The van der Waals surface area contributed by atoms with Gasteiger partial charge in [0.25, 0.3) is 5.91 Å². The molecule has 3 rings (SSSR count). The number of amides is 1. The summed E-state index contributed by atoms with van der Waals surface area (Å²) in [5.74, 6) is 0.00710. The van der Waals surface area contributed by atoms with Crippen molar-refractivity contribution in [1.29, 1.82) is 0 Å². The maximum Gasteiger partial charge on any atom is 0.271 e. The molecule has 0 aliphatic carbocycles. The lowest BCUT2D eigenvalue weighted by Crippen LogP contribution is -2.47. The van der Waals surface area contributed by atoms with Crippen molar-refractivity contribution in [3.8, 4) is 11.3 Å². The first-order valence-corrected chi connectivity index (χ1v) is 7.83. The molecule has 1 amide bonds. The molecule has 0 spiro atoms. The van der Waals surface area contributed by atoms with Gasteiger partial charge in [0.05, 0.1) is 5.69 Å². The molecule has 1 fully saturated rings. The van der Waals surface area contributed by atoms with Crippen LogP contribution < -0.4 is 5.32 Å². The lowest BCUT2D eigenvalue weighted by Gasteiger charge is -2.32. The zero-order valence-electron chi connectivity index (χ0n) is 12.5. The summed E-state index contributed by atoms with van der Waals surface area (Å²) in [5.41, 5.74) is 2.22. The molecular weight excluding hydrogens is 300 g/mol. The van der Waals surface area contributed by atoms with E-state index in [1.54, 1.807) is 6.07 Å². The Bertz CT molecular complexity index is 652. The van der Waals surface area contributed by atoms with Crippen LogP contribution in [0.5, 0.6) is 0 Å². The highest BCUT2D eigenvalue weighted by Crippen LogP contribution is 2.21. The van der Waals surface area contributed by atoms with E-state index in [4.69, 9.17) is 11.6 Å². The fraction of sp³-hybridized carbons (Fsp3) is 0.375. The molecule has 2 N–H and O–H groups in total. The Morgan fingerprint density at radius 3 is 2.91 bits per heavy atom. The van der Waals surface area contributed by atoms with Gasteiger partial charge in [0.2, 0.25) is 0 Å². The van der Waals surface area contributed by atoms with Crippen molar-refractivity contribution in [2.45, 2.75) is 18.9 Å². The summed E-state index contributed by atoms with van der Waals surface area (Å²) in [5, 5.41) is 11.0. The van der Waals surface area contributed by atoms with E-state index in [1.807, 2.05) is 36.2 Å². The highest BCUT2D eigenvalue weighted by Gasteiger charge is 2.24. The van der Waals surface area contributed by atoms with E-state index in [0.717, 1.165) is 37.2 Å². The molecule has 0 radical (unpaired) electrons. The monoisotopic (exact) mass is 318 g/mol. The number of aromatic amines is 1. The number of carbonyl (C=O) groups is 1. The highest BCUT2D eigenvalue weighted by molar-refractivity contribution is 6.30. The van der Waals surface area contributed by atoms with Crippen LogP contribution in [0.25, 0.3) is 11.3 Å². The van der Waals surface area contributed by atoms with E-state index < -0.39 is 0 Å². The van der Waals surface area contributed by atoms with E-state index in [1.165, 1.54) is 0 Å². The molecule has 22 heavy (non-hydrogen) atoms. The number of piperidine rings is 1. The third kappa shape index (κ3) is 3.15. The van der Waals surface area contributed by atoms with Crippen molar-refractivity contribution in [3.05, 3.63) is 41.0 Å². The Balaban J connectivity index is 1.75. The average molecular weight is 319 g/mol. The number of likely N-dealkylation sites (N-methyl/N-ethyl adjacent to an activating group) is 1. The lowest BCUT2D eigenvalue weighted by atomic mass is 10.1. The molecule has 2 heterocycles. The van der Waals surface area contributed by atoms with Crippen molar-refractivity contribution >= 4 is 17.5 Å². The molecule has 5 nitrogen and oxygen atoms in total. The Morgan fingerprint density at radius 2 is 2.18 bits per heavy atom. The number of nitrogens with one attached hydrogen (secondary N) is 2. The van der Waals surface area contributed by atoms with Crippen LogP contribution in [-0.4, -0.2) is 47.2 Å². The van der Waals surface area contributed by atoms with E-state index in [9.17, 15) is 4.79 Å². The second kappa shape index (κ2) is 6.50. The summed E-state index contributed by atoms with van der Waals surface area (Å²) in [6, 6.07) is 9.59. The lowest BCUT2D eigenvalue weighted by molar-refractivity contribution is 0.0692. The van der Waals surface area contributed by atoms with E-state index >= 15 is 0 Å². The second-order valence-electron chi connectivity index (χ2n) is 5.55. The molecule has 1 atom stereocenters. The second-order valence-corrected chi connectivity index (χ2v) is 5.99. The van der Waals surface area contributed by atoms with Gasteiger partial charge in [0.1, 0.15) is 5.69 Å². The summed E-state index contributed by atoms with van der Waals surface area (Å²) < 4.78 is 0. The van der Waals surface area contributed by atoms with E-state index in [2.05, 4.69) is 15.5 Å². The van der Waals surface area contributed by atoms with Gasteiger partial charge >= 0.3 is 0 Å². The molecule has 1 unspecified atom stereocenters. The molecule has 0 saturated carbocycles. The van der Waals surface area contributed by atoms with Crippen molar-refractivity contribution in [1.82, 2.24) is 20.4 Å². The minimum Gasteiger partial charge on any atom is -0.336 e. The van der Waals surface area contributed by atoms with Crippen molar-refractivity contribution in [2.75, 3.05) is 20.1 Å². The number of H-pyrrole nitrogens is 1. The number of rotatable bonds is 3. The van der Waals surface area contributed by atoms with Crippen molar-refractivity contribution in [3.63, 3.8) is 0 Å². The highest BCUT2D eigenvalue weighted by atomic mass is 35.5. The molecule has 1 aromatic heterocycles. The normalized spacial score (nSPS) is 18.5. The van der Waals surface area contributed by atoms with Crippen LogP contribution in [0, 0.1) is 0 Å². The number of nitrogens with zero attached hydrogens (tertiary/aromatic N) is 2. The van der Waals surface area contributed by atoms with Gasteiger partial charge in [0, 0.05) is 29.7 Å². The summed E-state index contributed by atoms with van der Waals surface area (Å²) in [4.78, 5) is 14.4. The predicted octanol–water partition coefficient (Wildman–Crippen LogP) is 2.55. The standard InChI is InChI=1S/C16H19ClN4O/c1-18-13-3-2-8-21(10-13)16(22)15-9-14(19-20-15)11-4-6-12(17)7-5-11/h4-7,9,13,18H,2-3,8,10H2,1H3,(H,19,20). The number of carbonyl (C=O) groups excluding carboxylic acids is 1. The van der Waals surface area contributed by atoms with Crippen LogP contribution in [0.1, 0.15) is 23.3 Å². The van der Waals surface area contributed by atoms with Gasteiger partial charge in [-0.2, -0.15) is 5.10 Å². The quantitative estimate of drug-likeness (QED) is 0.914. The summed E-state index contributed by atoms with van der Waals surface area (Å²) in [6.45, 7) is 1.54. The zero-order valence-corrected chi connectivity index (χ0v) is 13.2. The van der Waals surface area contributed by atoms with Crippen LogP contribution in [-0.2, 0) is 0 Å². The van der Waals surface area contributed by atoms with Crippen LogP contribution in [0.2, 0.25) is 5.02 Å². The molecule has 1 saturated heterocycles. The number of hydrogen-bond acceptors (Lipinski definition) is 3. The topological polar surface area (TPSA) is 61.0 Å². The zero-order chi connectivity index (χ0) is 15.5. The molecule has 2 aromatic rings. The van der Waals surface area contributed by atoms with Gasteiger partial charge in [0.15, 0.2) is 0 Å². The fourth-order valence-corrected chi connectivity index (χ4v) is 2.89. The van der Waals surface area contributed by atoms with Gasteiger partial charge in [-0.3, -0.25) is 9.89 Å². The largest absolute Gasteiger partial charge is 0.336 e. The van der Waals surface area contributed by atoms with Crippen LogP contribution in [0.15, 0.2) is 30.3 Å². The number of likely N-dealkylation sites (tertiary alicyclic amines) is 1. The average Bonchev–Trinajstić information content (AvgIpc) is 3.05. The first kappa shape index (κ1) is 15.1. The van der Waals surface area contributed by atoms with Gasteiger partial charge in [-0.15, -0.1) is 0 Å². The summed E-state index contributed by atoms with van der Waals surface area (Å²) in [7, 11) is 1.94. The Morgan fingerprint density at radius 1 is 1.41 bits per heavy atom. The molecule has 1 aromatic carbocycles. The molecule has 0 bridgehead atoms. The minimum atomic E-state index is 0.00710. The van der Waals surface area contributed by atoms with Crippen molar-refractivity contribution < 1.29 is 4.79 Å². The van der Waals surface area contributed by atoms with Crippen LogP contribution in [0.4, 0.5) is 0 Å². The SMILES string of the molecule is CNC1CCCN(C(=O)c2cc(-c3ccc(Cl)cc3)n[nH]2)C1. The summed E-state index contributed by atoms with van der Waals surface area (Å²) in [6.07, 6.45) is 2.13. The maximum atomic E-state index is 12.6. The molecule has 116 valence electrons. The number of hydrogen-bond donors (Lipinski definition) is 2. The molecular formula is C16H19ClN4O. The Hall–Kier alpha value is -1.85. The van der Waals surface area contributed by atoms with Crippen LogP contribution in [0.3, 0.4) is 0 Å². The minimum absolute atomic E-state index is 0.00710. The smallest absolute Gasteiger partial charge is 0.271 e. The van der Waals surface area contributed by atoms with Crippen molar-refractivity contribution in [2.24, 2.45) is 0 Å². The summed E-state index contributed by atoms with van der Waals surface area (Å²) >= 11 is 5.89. The van der Waals surface area contributed by atoms with Gasteiger partial charge in [-0.1, -0.05) is 23.7 Å². The third-order valence-electron chi connectivity index (χ3n) is 4.07. The maximum absolute atomic E-state index is 12.6. The molecule has 1 aliphatic heterocycles. The number of halogens is 1. The van der Waals surface area contributed by atoms with E-state index in [0.29, 0.717) is 16.8 Å². The third-order valence-corrected chi connectivity index (χ3v) is 4.32. The fourth-order valence-electron chi connectivity index (χ4n) is 2.77. The van der Waals surface area contributed by atoms with Gasteiger partial charge < -0.3 is 10.2 Å². The molecule has 6 heteroatoms. The Kier molecular flexibility index (Phi) is 4.45. The Labute approximate surface area is 134 Å². The van der Waals surface area contributed by atoms with Crippen LogP contribution >= 0.6 is 11.6 Å². The first-order valence-electron chi connectivity index (χ1n) is 7.45. The first-order chi connectivity index (χ1) is 10.7. The number of benzene rings is 1. The molecule has 1 aliphatic rings.